The minimum atomic E-state index is -1.27. The highest BCUT2D eigenvalue weighted by molar-refractivity contribution is 5.99. The van der Waals surface area contributed by atoms with Crippen LogP contribution in [0.15, 0.2) is 0 Å². The molecule has 0 amide bonds. The number of esters is 1. The Morgan fingerprint density at radius 3 is 1.69 bits per heavy atom. The van der Waals surface area contributed by atoms with Crippen molar-refractivity contribution in [3.8, 4) is 0 Å². The van der Waals surface area contributed by atoms with Crippen molar-refractivity contribution >= 4 is 11.9 Å². The SMILES string of the molecule is CCCCCCCCCCCCCCOC(=O)C1(C(=O)O)CCCCC1. The molecule has 0 aromatic heterocycles. The fraction of sp³-hybridized carbons (Fsp3) is 0.909. The van der Waals surface area contributed by atoms with E-state index in [2.05, 4.69) is 6.92 Å². The minimum absolute atomic E-state index is 0.366. The molecular formula is C22H40O4. The molecule has 0 radical (unpaired) electrons. The first-order valence-corrected chi connectivity index (χ1v) is 11.0. The van der Waals surface area contributed by atoms with E-state index in [0.29, 0.717) is 19.4 Å². The standard InChI is InChI=1S/C22H40O4/c1-2-3-4-5-6-7-8-9-10-11-12-16-19-26-21(25)22(20(23)24)17-14-13-15-18-22/h2-19H2,1H3,(H,23,24). The zero-order chi connectivity index (χ0) is 19.1. The summed E-state index contributed by atoms with van der Waals surface area (Å²) >= 11 is 0. The third-order valence-corrected chi connectivity index (χ3v) is 5.74. The average Bonchev–Trinajstić information content (AvgIpc) is 2.65. The van der Waals surface area contributed by atoms with E-state index >= 15 is 0 Å². The summed E-state index contributed by atoms with van der Waals surface area (Å²) in [5.74, 6) is -1.51. The first kappa shape index (κ1) is 23.0. The molecule has 4 heteroatoms. The second kappa shape index (κ2) is 14.1. The van der Waals surface area contributed by atoms with Crippen LogP contribution in [-0.2, 0) is 14.3 Å². The summed E-state index contributed by atoms with van der Waals surface area (Å²) in [6.07, 6.45) is 18.7. The lowest BCUT2D eigenvalue weighted by molar-refractivity contribution is -0.171. The summed E-state index contributed by atoms with van der Waals surface area (Å²) in [7, 11) is 0. The van der Waals surface area contributed by atoms with Gasteiger partial charge in [-0.25, -0.2) is 0 Å². The third-order valence-electron chi connectivity index (χ3n) is 5.74. The summed E-state index contributed by atoms with van der Waals surface area (Å²) < 4.78 is 5.32. The van der Waals surface area contributed by atoms with Gasteiger partial charge in [0.2, 0.25) is 0 Å². The molecular weight excluding hydrogens is 328 g/mol. The van der Waals surface area contributed by atoms with Gasteiger partial charge in [-0.1, -0.05) is 96.8 Å². The Labute approximate surface area is 160 Å². The van der Waals surface area contributed by atoms with Gasteiger partial charge in [-0.3, -0.25) is 9.59 Å². The molecule has 1 fully saturated rings. The molecule has 0 aromatic rings. The number of carbonyl (C=O) groups is 2. The van der Waals surface area contributed by atoms with E-state index in [4.69, 9.17) is 4.74 Å². The maximum absolute atomic E-state index is 12.3. The quantitative estimate of drug-likeness (QED) is 0.210. The van der Waals surface area contributed by atoms with Crippen molar-refractivity contribution < 1.29 is 19.4 Å². The molecule has 1 saturated carbocycles. The van der Waals surface area contributed by atoms with Crippen molar-refractivity contribution in [2.45, 2.75) is 116 Å². The maximum Gasteiger partial charge on any atom is 0.323 e. The molecule has 0 spiro atoms. The average molecular weight is 369 g/mol. The number of carboxylic acid groups (broad SMARTS) is 1. The summed E-state index contributed by atoms with van der Waals surface area (Å²) in [6, 6.07) is 0. The highest BCUT2D eigenvalue weighted by Crippen LogP contribution is 2.37. The second-order valence-electron chi connectivity index (χ2n) is 7.97. The Morgan fingerprint density at radius 2 is 1.23 bits per heavy atom. The van der Waals surface area contributed by atoms with Crippen LogP contribution in [0.1, 0.15) is 116 Å². The number of carbonyl (C=O) groups excluding carboxylic acids is 1. The molecule has 0 heterocycles. The van der Waals surface area contributed by atoms with Gasteiger partial charge in [-0.15, -0.1) is 0 Å². The van der Waals surface area contributed by atoms with Gasteiger partial charge in [0, 0.05) is 0 Å². The zero-order valence-electron chi connectivity index (χ0n) is 16.9. The number of unbranched alkanes of at least 4 members (excludes halogenated alkanes) is 11. The summed E-state index contributed by atoms with van der Waals surface area (Å²) in [4.78, 5) is 23.8. The van der Waals surface area contributed by atoms with E-state index in [-0.39, 0.29) is 0 Å². The molecule has 1 aliphatic rings. The summed E-state index contributed by atoms with van der Waals surface area (Å²) in [5, 5.41) is 9.46. The lowest BCUT2D eigenvalue weighted by Crippen LogP contribution is -2.42. The van der Waals surface area contributed by atoms with Crippen LogP contribution >= 0.6 is 0 Å². The smallest absolute Gasteiger partial charge is 0.323 e. The molecule has 1 aliphatic carbocycles. The first-order valence-electron chi connectivity index (χ1n) is 11.0. The van der Waals surface area contributed by atoms with Crippen LogP contribution in [0, 0.1) is 5.41 Å². The van der Waals surface area contributed by atoms with E-state index in [0.717, 1.165) is 32.1 Å². The molecule has 0 aliphatic heterocycles. The van der Waals surface area contributed by atoms with E-state index in [1.54, 1.807) is 0 Å². The lowest BCUT2D eigenvalue weighted by Gasteiger charge is -2.30. The summed E-state index contributed by atoms with van der Waals surface area (Å²) in [6.45, 7) is 2.62. The van der Waals surface area contributed by atoms with E-state index < -0.39 is 17.4 Å². The van der Waals surface area contributed by atoms with Gasteiger partial charge in [-0.2, -0.15) is 0 Å². The number of rotatable bonds is 15. The van der Waals surface area contributed by atoms with Crippen molar-refractivity contribution in [1.29, 1.82) is 0 Å². The van der Waals surface area contributed by atoms with Crippen molar-refractivity contribution in [3.63, 3.8) is 0 Å². The Balaban J connectivity index is 1.98. The molecule has 26 heavy (non-hydrogen) atoms. The van der Waals surface area contributed by atoms with Gasteiger partial charge in [-0.05, 0) is 19.3 Å². The van der Waals surface area contributed by atoms with Crippen molar-refractivity contribution in [1.82, 2.24) is 0 Å². The largest absolute Gasteiger partial charge is 0.480 e. The van der Waals surface area contributed by atoms with Crippen LogP contribution < -0.4 is 0 Å². The van der Waals surface area contributed by atoms with E-state index in [1.807, 2.05) is 0 Å². The fourth-order valence-electron chi connectivity index (χ4n) is 3.91. The van der Waals surface area contributed by atoms with Crippen molar-refractivity contribution in [3.05, 3.63) is 0 Å². The van der Waals surface area contributed by atoms with Crippen LogP contribution in [-0.4, -0.2) is 23.7 Å². The first-order chi connectivity index (χ1) is 12.6. The van der Waals surface area contributed by atoms with E-state index in [1.165, 1.54) is 64.2 Å². The Kier molecular flexibility index (Phi) is 12.4. The topological polar surface area (TPSA) is 63.6 Å². The zero-order valence-corrected chi connectivity index (χ0v) is 16.9. The molecule has 0 aromatic carbocycles. The van der Waals surface area contributed by atoms with Crippen LogP contribution in [0.2, 0.25) is 0 Å². The van der Waals surface area contributed by atoms with Crippen LogP contribution in [0.25, 0.3) is 0 Å². The number of ether oxygens (including phenoxy) is 1. The minimum Gasteiger partial charge on any atom is -0.480 e. The second-order valence-corrected chi connectivity index (χ2v) is 7.97. The molecule has 0 unspecified atom stereocenters. The van der Waals surface area contributed by atoms with Gasteiger partial charge in [0.1, 0.15) is 0 Å². The highest BCUT2D eigenvalue weighted by Gasteiger charge is 2.48. The predicted octanol–water partition coefficient (Wildman–Crippen LogP) is 6.27. The van der Waals surface area contributed by atoms with Gasteiger partial charge in [0.25, 0.3) is 0 Å². The van der Waals surface area contributed by atoms with Crippen LogP contribution in [0.5, 0.6) is 0 Å². The van der Waals surface area contributed by atoms with Crippen LogP contribution in [0.3, 0.4) is 0 Å². The van der Waals surface area contributed by atoms with Crippen molar-refractivity contribution in [2.75, 3.05) is 6.61 Å². The maximum atomic E-state index is 12.3. The van der Waals surface area contributed by atoms with Gasteiger partial charge < -0.3 is 9.84 Å². The predicted molar refractivity (Wildman–Crippen MR) is 105 cm³/mol. The number of hydrogen-bond acceptors (Lipinski definition) is 3. The molecule has 4 nitrogen and oxygen atoms in total. The van der Waals surface area contributed by atoms with E-state index in [9.17, 15) is 14.7 Å². The Hall–Kier alpha value is -1.06. The molecule has 0 saturated heterocycles. The fourth-order valence-corrected chi connectivity index (χ4v) is 3.91. The lowest BCUT2D eigenvalue weighted by atomic mass is 9.74. The monoisotopic (exact) mass is 368 g/mol. The third kappa shape index (κ3) is 8.55. The number of hydrogen-bond donors (Lipinski definition) is 1. The summed E-state index contributed by atoms with van der Waals surface area (Å²) in [5.41, 5.74) is -1.27. The van der Waals surface area contributed by atoms with Crippen LogP contribution in [0.4, 0.5) is 0 Å². The Bertz CT molecular complexity index is 386. The normalized spacial score (nSPS) is 16.3. The van der Waals surface area contributed by atoms with Gasteiger partial charge in [0.15, 0.2) is 5.41 Å². The number of aliphatic carboxylic acids is 1. The van der Waals surface area contributed by atoms with Gasteiger partial charge >= 0.3 is 11.9 Å². The number of carboxylic acids is 1. The highest BCUT2D eigenvalue weighted by atomic mass is 16.5. The Morgan fingerprint density at radius 1 is 0.769 bits per heavy atom. The molecule has 1 rings (SSSR count). The van der Waals surface area contributed by atoms with Crippen molar-refractivity contribution in [2.24, 2.45) is 5.41 Å². The van der Waals surface area contributed by atoms with Gasteiger partial charge in [0.05, 0.1) is 6.61 Å². The molecule has 1 N–H and O–H groups in total. The molecule has 0 atom stereocenters. The molecule has 0 bridgehead atoms. The molecule has 152 valence electrons.